The summed E-state index contributed by atoms with van der Waals surface area (Å²) in [5.74, 6) is -3.89. The molecule has 0 aromatic heterocycles. The van der Waals surface area contributed by atoms with Crippen molar-refractivity contribution in [3.8, 4) is 0 Å². The van der Waals surface area contributed by atoms with Crippen LogP contribution in [0, 0.1) is 0 Å². The maximum atomic E-state index is 14.4. The summed E-state index contributed by atoms with van der Waals surface area (Å²) in [5.41, 5.74) is -0.276. The van der Waals surface area contributed by atoms with E-state index in [1.165, 1.54) is 42.4 Å². The second kappa shape index (κ2) is 10.9. The van der Waals surface area contributed by atoms with Gasteiger partial charge in [0.25, 0.3) is 0 Å². The molecule has 1 fully saturated rings. The molecule has 160 valence electrons. The predicted molar refractivity (Wildman–Crippen MR) is 101 cm³/mol. The van der Waals surface area contributed by atoms with Gasteiger partial charge in [-0.05, 0) is 12.8 Å². The zero-order chi connectivity index (χ0) is 21.3. The molecule has 1 aromatic rings. The highest BCUT2D eigenvalue weighted by Crippen LogP contribution is 2.32. The fraction of sp³-hybridized carbons (Fsp3) is 0.500. The lowest BCUT2D eigenvalue weighted by Gasteiger charge is -2.23. The number of hydrogen-bond acceptors (Lipinski definition) is 5. The van der Waals surface area contributed by atoms with Crippen molar-refractivity contribution < 1.29 is 33.0 Å². The van der Waals surface area contributed by atoms with Gasteiger partial charge < -0.3 is 24.8 Å². The number of esters is 1. The van der Waals surface area contributed by atoms with Crippen molar-refractivity contribution in [3.05, 3.63) is 48.0 Å². The maximum Gasteiger partial charge on any atom is 0.331 e. The average Bonchev–Trinajstić information content (AvgIpc) is 3.08. The van der Waals surface area contributed by atoms with E-state index in [2.05, 4.69) is 10.1 Å². The Balaban J connectivity index is 1.84. The lowest BCUT2D eigenvalue weighted by molar-refractivity contribution is -0.145. The van der Waals surface area contributed by atoms with Gasteiger partial charge in [0.15, 0.2) is 0 Å². The van der Waals surface area contributed by atoms with Crippen LogP contribution in [0.3, 0.4) is 0 Å². The minimum atomic E-state index is -3.43. The standard InChI is InChI=1S/C20H26F2N2O5/c1-28-18(26)14-29-12-6-5-11-24-16(13-23-19(24)27)9-10-17(25)20(21,22)15-7-3-2-4-8-15/h2-4,7-10,16-17,25H,5-6,11-14H2,1H3,(H,23,27)/b10-9+/t16-,17?/m0/s1. The number of rotatable bonds is 11. The van der Waals surface area contributed by atoms with Crippen molar-refractivity contribution in [1.29, 1.82) is 0 Å². The third kappa shape index (κ3) is 6.50. The Morgan fingerprint density at radius 2 is 2.10 bits per heavy atom. The Kier molecular flexibility index (Phi) is 8.53. The third-order valence-corrected chi connectivity index (χ3v) is 4.55. The van der Waals surface area contributed by atoms with E-state index in [0.29, 0.717) is 26.0 Å². The summed E-state index contributed by atoms with van der Waals surface area (Å²) >= 11 is 0. The average molecular weight is 412 g/mol. The number of unbranched alkanes of at least 4 members (excludes halogenated alkanes) is 1. The summed E-state index contributed by atoms with van der Waals surface area (Å²) in [7, 11) is 1.28. The van der Waals surface area contributed by atoms with Crippen LogP contribution in [-0.4, -0.2) is 67.6 Å². The van der Waals surface area contributed by atoms with Crippen molar-refractivity contribution in [1.82, 2.24) is 10.2 Å². The summed E-state index contributed by atoms with van der Waals surface area (Å²) in [6, 6.07) is 6.37. The van der Waals surface area contributed by atoms with Crippen molar-refractivity contribution >= 4 is 12.0 Å². The molecular formula is C20H26F2N2O5. The largest absolute Gasteiger partial charge is 0.467 e. The molecule has 1 heterocycles. The highest BCUT2D eigenvalue weighted by molar-refractivity contribution is 5.77. The molecule has 0 aliphatic carbocycles. The van der Waals surface area contributed by atoms with Crippen molar-refractivity contribution in [2.75, 3.05) is 33.4 Å². The highest BCUT2D eigenvalue weighted by atomic mass is 19.3. The number of halogens is 2. The van der Waals surface area contributed by atoms with Gasteiger partial charge in [0.1, 0.15) is 12.7 Å². The van der Waals surface area contributed by atoms with Crippen LogP contribution in [0.5, 0.6) is 0 Å². The van der Waals surface area contributed by atoms with Gasteiger partial charge in [-0.15, -0.1) is 0 Å². The van der Waals surface area contributed by atoms with Gasteiger partial charge in [-0.3, -0.25) is 0 Å². The van der Waals surface area contributed by atoms with Crippen LogP contribution in [0.1, 0.15) is 18.4 Å². The van der Waals surface area contributed by atoms with Gasteiger partial charge in [-0.2, -0.15) is 8.78 Å². The minimum absolute atomic E-state index is 0.125. The number of aliphatic hydroxyl groups is 1. The van der Waals surface area contributed by atoms with Crippen molar-refractivity contribution in [2.24, 2.45) is 0 Å². The number of alkyl halides is 2. The number of aliphatic hydroxyl groups excluding tert-OH is 1. The van der Waals surface area contributed by atoms with E-state index in [9.17, 15) is 23.5 Å². The number of carbonyl (C=O) groups excluding carboxylic acids is 2. The van der Waals surface area contributed by atoms with Gasteiger partial charge in [-0.1, -0.05) is 42.5 Å². The van der Waals surface area contributed by atoms with Crippen LogP contribution in [0.2, 0.25) is 0 Å². The molecule has 1 aliphatic rings. The number of amides is 2. The number of carbonyl (C=O) groups is 2. The van der Waals surface area contributed by atoms with Crippen LogP contribution in [0.25, 0.3) is 0 Å². The molecule has 1 unspecified atom stereocenters. The van der Waals surface area contributed by atoms with Gasteiger partial charge in [0, 0.05) is 25.3 Å². The molecule has 1 saturated heterocycles. The molecule has 0 radical (unpaired) electrons. The number of benzene rings is 1. The fourth-order valence-corrected chi connectivity index (χ4v) is 2.88. The first-order valence-corrected chi connectivity index (χ1v) is 9.35. The van der Waals surface area contributed by atoms with Gasteiger partial charge in [0.2, 0.25) is 0 Å². The van der Waals surface area contributed by atoms with E-state index in [1.54, 1.807) is 6.07 Å². The number of methoxy groups -OCH3 is 1. The topological polar surface area (TPSA) is 88.1 Å². The number of nitrogens with zero attached hydrogens (tertiary/aromatic N) is 1. The molecule has 1 aliphatic heterocycles. The van der Waals surface area contributed by atoms with Crippen LogP contribution in [0.4, 0.5) is 13.6 Å². The van der Waals surface area contributed by atoms with E-state index < -0.39 is 24.0 Å². The SMILES string of the molecule is COC(=O)COCCCCN1C(=O)NC[C@@H]1/C=C/C(O)C(F)(F)c1ccccc1. The summed E-state index contributed by atoms with van der Waals surface area (Å²) in [5, 5.41) is 12.6. The summed E-state index contributed by atoms with van der Waals surface area (Å²) in [4.78, 5) is 24.4. The molecule has 0 spiro atoms. The molecule has 7 nitrogen and oxygen atoms in total. The third-order valence-electron chi connectivity index (χ3n) is 4.55. The van der Waals surface area contributed by atoms with Crippen LogP contribution in [0.15, 0.2) is 42.5 Å². The Morgan fingerprint density at radius 1 is 1.38 bits per heavy atom. The molecule has 9 heteroatoms. The van der Waals surface area contributed by atoms with Crippen LogP contribution in [-0.2, 0) is 20.2 Å². The Bertz CT molecular complexity index is 699. The van der Waals surface area contributed by atoms with E-state index in [0.717, 1.165) is 6.08 Å². The first kappa shape index (κ1) is 22.8. The smallest absolute Gasteiger partial charge is 0.331 e. The number of urea groups is 1. The first-order valence-electron chi connectivity index (χ1n) is 9.35. The Morgan fingerprint density at radius 3 is 2.79 bits per heavy atom. The number of ether oxygens (including phenoxy) is 2. The van der Waals surface area contributed by atoms with Crippen LogP contribution >= 0.6 is 0 Å². The summed E-state index contributed by atoms with van der Waals surface area (Å²) in [6.45, 7) is 0.887. The minimum Gasteiger partial charge on any atom is -0.467 e. The Hall–Kier alpha value is -2.52. The number of hydrogen-bond donors (Lipinski definition) is 2. The Labute approximate surface area is 168 Å². The molecule has 2 rings (SSSR count). The molecule has 0 bridgehead atoms. The van der Waals surface area contributed by atoms with Crippen LogP contribution < -0.4 is 5.32 Å². The molecule has 2 N–H and O–H groups in total. The lowest BCUT2D eigenvalue weighted by Crippen LogP contribution is -2.35. The fourth-order valence-electron chi connectivity index (χ4n) is 2.88. The molecule has 1 aromatic carbocycles. The zero-order valence-corrected chi connectivity index (χ0v) is 16.2. The van der Waals surface area contributed by atoms with Crippen molar-refractivity contribution in [2.45, 2.75) is 30.9 Å². The predicted octanol–water partition coefficient (Wildman–Crippen LogP) is 2.06. The van der Waals surface area contributed by atoms with Crippen molar-refractivity contribution in [3.63, 3.8) is 0 Å². The molecule has 0 saturated carbocycles. The summed E-state index contributed by atoms with van der Waals surface area (Å²) in [6.07, 6.45) is 1.68. The quantitative estimate of drug-likeness (QED) is 0.330. The van der Waals surface area contributed by atoms with E-state index in [-0.39, 0.29) is 24.7 Å². The van der Waals surface area contributed by atoms with E-state index in [1.807, 2.05) is 0 Å². The first-order chi connectivity index (χ1) is 13.9. The van der Waals surface area contributed by atoms with E-state index in [4.69, 9.17) is 4.74 Å². The maximum absolute atomic E-state index is 14.4. The molecule has 2 amide bonds. The van der Waals surface area contributed by atoms with Gasteiger partial charge in [-0.25, -0.2) is 9.59 Å². The molecule has 29 heavy (non-hydrogen) atoms. The monoisotopic (exact) mass is 412 g/mol. The normalized spacial score (nSPS) is 18.1. The molecule has 2 atom stereocenters. The summed E-state index contributed by atoms with van der Waals surface area (Å²) < 4.78 is 38.3. The second-order valence-electron chi connectivity index (χ2n) is 6.60. The zero-order valence-electron chi connectivity index (χ0n) is 16.2. The number of nitrogens with one attached hydrogen (secondary N) is 1. The second-order valence-corrected chi connectivity index (χ2v) is 6.60. The van der Waals surface area contributed by atoms with Gasteiger partial charge >= 0.3 is 17.9 Å². The molecular weight excluding hydrogens is 386 g/mol. The van der Waals surface area contributed by atoms with E-state index >= 15 is 0 Å². The van der Waals surface area contributed by atoms with Gasteiger partial charge in [0.05, 0.1) is 13.2 Å². The highest BCUT2D eigenvalue weighted by Gasteiger charge is 2.39. The lowest BCUT2D eigenvalue weighted by atomic mass is 10.0.